The third-order valence-corrected chi connectivity index (χ3v) is 5.11. The first-order valence-electron chi connectivity index (χ1n) is 7.88. The van der Waals surface area contributed by atoms with Crippen molar-refractivity contribution in [1.29, 1.82) is 0 Å². The number of halogens is 1. The Morgan fingerprint density at radius 1 is 0.905 bits per heavy atom. The average Bonchev–Trinajstić information content (AvgIpc) is 2.96. The van der Waals surface area contributed by atoms with Crippen LogP contribution in [0.3, 0.4) is 0 Å². The molecule has 0 unspecified atom stereocenters. The van der Waals surface area contributed by atoms with Crippen LogP contribution in [-0.2, 0) is 6.42 Å². The summed E-state index contributed by atoms with van der Waals surface area (Å²) in [6, 6.07) is 8.27. The quantitative estimate of drug-likeness (QED) is 0.489. The maximum atomic E-state index is 4.32. The predicted octanol–water partition coefficient (Wildman–Crippen LogP) is 6.26. The molecule has 1 heterocycles. The first-order valence-corrected chi connectivity index (χ1v) is 9.49. The van der Waals surface area contributed by atoms with Crippen molar-refractivity contribution in [3.05, 3.63) is 33.7 Å². The molecule has 0 aliphatic carbocycles. The normalized spacial score (nSPS) is 11.0. The summed E-state index contributed by atoms with van der Waals surface area (Å²) >= 11 is 5.18. The fourth-order valence-corrected chi connectivity index (χ4v) is 3.45. The van der Waals surface area contributed by atoms with Gasteiger partial charge in [0.1, 0.15) is 10.0 Å². The first-order chi connectivity index (χ1) is 10.3. The molecule has 0 radical (unpaired) electrons. The number of unbranched alkanes of at least 4 members (excludes halogenated alkanes) is 6. The van der Waals surface area contributed by atoms with Crippen LogP contribution in [0.4, 0.5) is 0 Å². The van der Waals surface area contributed by atoms with Crippen LogP contribution in [0, 0.1) is 0 Å². The van der Waals surface area contributed by atoms with Crippen molar-refractivity contribution in [1.82, 2.24) is 10.2 Å². The van der Waals surface area contributed by atoms with Crippen molar-refractivity contribution in [2.45, 2.75) is 58.3 Å². The number of benzene rings is 1. The molecular formula is C17H23BrN2S. The fraction of sp³-hybridized carbons (Fsp3) is 0.529. The zero-order valence-electron chi connectivity index (χ0n) is 12.6. The van der Waals surface area contributed by atoms with Crippen molar-refractivity contribution in [2.24, 2.45) is 0 Å². The Hall–Kier alpha value is -0.740. The molecular weight excluding hydrogens is 344 g/mol. The van der Waals surface area contributed by atoms with Gasteiger partial charge in [-0.2, -0.15) is 0 Å². The van der Waals surface area contributed by atoms with Crippen LogP contribution in [0.25, 0.3) is 10.6 Å². The monoisotopic (exact) mass is 366 g/mol. The Morgan fingerprint density at radius 3 is 2.29 bits per heavy atom. The van der Waals surface area contributed by atoms with Gasteiger partial charge in [-0.25, -0.2) is 0 Å². The van der Waals surface area contributed by atoms with Crippen molar-refractivity contribution in [2.75, 3.05) is 0 Å². The summed E-state index contributed by atoms with van der Waals surface area (Å²) in [6.45, 7) is 2.26. The number of hydrogen-bond donors (Lipinski definition) is 0. The van der Waals surface area contributed by atoms with Crippen LogP contribution in [0.15, 0.2) is 28.7 Å². The van der Waals surface area contributed by atoms with Gasteiger partial charge >= 0.3 is 0 Å². The molecule has 0 amide bonds. The molecule has 21 heavy (non-hydrogen) atoms. The molecule has 2 nitrogen and oxygen atoms in total. The Labute approximate surface area is 140 Å². The van der Waals surface area contributed by atoms with E-state index in [0.29, 0.717) is 0 Å². The lowest BCUT2D eigenvalue weighted by atomic mass is 10.1. The largest absolute Gasteiger partial charge is 0.147 e. The Kier molecular flexibility index (Phi) is 7.37. The van der Waals surface area contributed by atoms with E-state index in [2.05, 4.69) is 45.2 Å². The third-order valence-electron chi connectivity index (χ3n) is 3.55. The molecule has 0 N–H and O–H groups in total. The van der Waals surface area contributed by atoms with Gasteiger partial charge in [0.05, 0.1) is 0 Å². The highest BCUT2D eigenvalue weighted by atomic mass is 79.9. The highest BCUT2D eigenvalue weighted by molar-refractivity contribution is 9.10. The molecule has 2 rings (SSSR count). The van der Waals surface area contributed by atoms with E-state index in [1.54, 1.807) is 11.3 Å². The minimum absolute atomic E-state index is 1.03. The molecule has 114 valence electrons. The van der Waals surface area contributed by atoms with E-state index in [-0.39, 0.29) is 0 Å². The van der Waals surface area contributed by atoms with Gasteiger partial charge in [0, 0.05) is 16.5 Å². The van der Waals surface area contributed by atoms with Gasteiger partial charge in [-0.1, -0.05) is 84.8 Å². The molecule has 0 saturated heterocycles. The Bertz CT molecular complexity index is 522. The molecule has 4 heteroatoms. The molecule has 0 fully saturated rings. The number of rotatable bonds is 9. The van der Waals surface area contributed by atoms with E-state index in [1.165, 1.54) is 50.0 Å². The van der Waals surface area contributed by atoms with E-state index in [9.17, 15) is 0 Å². The number of nitrogens with zero attached hydrogens (tertiary/aromatic N) is 2. The van der Waals surface area contributed by atoms with Gasteiger partial charge < -0.3 is 0 Å². The van der Waals surface area contributed by atoms with E-state index >= 15 is 0 Å². The minimum atomic E-state index is 1.03. The summed E-state index contributed by atoms with van der Waals surface area (Å²) in [5.74, 6) is 0. The van der Waals surface area contributed by atoms with Crippen LogP contribution in [0.5, 0.6) is 0 Å². The number of hydrogen-bond acceptors (Lipinski definition) is 3. The second-order valence-electron chi connectivity index (χ2n) is 5.38. The molecule has 0 aliphatic rings. The van der Waals surface area contributed by atoms with Gasteiger partial charge in [0.2, 0.25) is 0 Å². The van der Waals surface area contributed by atoms with Gasteiger partial charge in [-0.15, -0.1) is 10.2 Å². The highest BCUT2D eigenvalue weighted by Gasteiger charge is 2.06. The second kappa shape index (κ2) is 9.31. The maximum Gasteiger partial charge on any atom is 0.147 e. The molecule has 0 spiro atoms. The second-order valence-corrected chi connectivity index (χ2v) is 7.36. The van der Waals surface area contributed by atoms with Gasteiger partial charge in [-0.3, -0.25) is 0 Å². The van der Waals surface area contributed by atoms with Gasteiger partial charge in [-0.05, 0) is 18.6 Å². The summed E-state index contributed by atoms with van der Waals surface area (Å²) in [4.78, 5) is 0. The van der Waals surface area contributed by atoms with Gasteiger partial charge in [0.15, 0.2) is 0 Å². The summed E-state index contributed by atoms with van der Waals surface area (Å²) in [5, 5.41) is 10.8. The molecule has 0 aliphatic heterocycles. The zero-order chi connectivity index (χ0) is 14.9. The summed E-state index contributed by atoms with van der Waals surface area (Å²) < 4.78 is 1.10. The maximum absolute atomic E-state index is 4.32. The van der Waals surface area contributed by atoms with E-state index < -0.39 is 0 Å². The van der Waals surface area contributed by atoms with Crippen LogP contribution < -0.4 is 0 Å². The highest BCUT2D eigenvalue weighted by Crippen LogP contribution is 2.25. The lowest BCUT2D eigenvalue weighted by Gasteiger charge is -1.99. The van der Waals surface area contributed by atoms with E-state index in [4.69, 9.17) is 0 Å². The average molecular weight is 367 g/mol. The Balaban J connectivity index is 1.72. The summed E-state index contributed by atoms with van der Waals surface area (Å²) in [6.07, 6.45) is 10.5. The number of aryl methyl sites for hydroxylation is 1. The molecule has 1 aromatic heterocycles. The minimum Gasteiger partial charge on any atom is -0.143 e. The Morgan fingerprint density at radius 2 is 1.57 bits per heavy atom. The standard InChI is InChI=1S/C17H23BrN2S/c1-2-3-4-5-6-7-8-9-16-19-20-17(21-16)14-10-12-15(18)13-11-14/h10-13H,2-9H2,1H3. The fourth-order valence-electron chi connectivity index (χ4n) is 2.30. The van der Waals surface area contributed by atoms with E-state index in [0.717, 1.165) is 21.5 Å². The molecule has 2 aromatic rings. The molecule has 0 bridgehead atoms. The third kappa shape index (κ3) is 5.87. The predicted molar refractivity (Wildman–Crippen MR) is 94.7 cm³/mol. The van der Waals surface area contributed by atoms with Crippen LogP contribution in [-0.4, -0.2) is 10.2 Å². The topological polar surface area (TPSA) is 25.8 Å². The van der Waals surface area contributed by atoms with Crippen LogP contribution in [0.2, 0.25) is 0 Å². The molecule has 0 saturated carbocycles. The van der Waals surface area contributed by atoms with E-state index in [1.807, 2.05) is 12.1 Å². The van der Waals surface area contributed by atoms with Crippen molar-refractivity contribution in [3.8, 4) is 10.6 Å². The zero-order valence-corrected chi connectivity index (χ0v) is 15.0. The molecule has 0 atom stereocenters. The lowest BCUT2D eigenvalue weighted by molar-refractivity contribution is 0.588. The van der Waals surface area contributed by atoms with Crippen molar-refractivity contribution in [3.63, 3.8) is 0 Å². The number of aromatic nitrogens is 2. The summed E-state index contributed by atoms with van der Waals surface area (Å²) in [5.41, 5.74) is 1.15. The van der Waals surface area contributed by atoms with Crippen LogP contribution >= 0.6 is 27.3 Å². The first kappa shape index (κ1) is 16.6. The lowest BCUT2D eigenvalue weighted by Crippen LogP contribution is -1.85. The van der Waals surface area contributed by atoms with Crippen LogP contribution in [0.1, 0.15) is 56.9 Å². The molecule has 1 aromatic carbocycles. The smallest absolute Gasteiger partial charge is 0.143 e. The SMILES string of the molecule is CCCCCCCCCc1nnc(-c2ccc(Br)cc2)s1. The van der Waals surface area contributed by atoms with Crippen molar-refractivity contribution < 1.29 is 0 Å². The van der Waals surface area contributed by atoms with Gasteiger partial charge in [0.25, 0.3) is 0 Å². The summed E-state index contributed by atoms with van der Waals surface area (Å²) in [7, 11) is 0. The van der Waals surface area contributed by atoms with Crippen molar-refractivity contribution >= 4 is 27.3 Å².